The van der Waals surface area contributed by atoms with Crippen molar-refractivity contribution in [3.63, 3.8) is 0 Å². The van der Waals surface area contributed by atoms with E-state index in [1.807, 2.05) is 42.5 Å². The molecule has 3 rings (SSSR count). The van der Waals surface area contributed by atoms with E-state index in [0.29, 0.717) is 11.6 Å². The summed E-state index contributed by atoms with van der Waals surface area (Å²) in [6.45, 7) is 0. The van der Waals surface area contributed by atoms with Crippen LogP contribution < -0.4 is 16.8 Å². The molecule has 0 aliphatic rings. The average molecular weight is 277 g/mol. The van der Waals surface area contributed by atoms with Crippen molar-refractivity contribution in [3.8, 4) is 11.1 Å². The molecule has 5 heteroatoms. The molecule has 1 aromatic heterocycles. The van der Waals surface area contributed by atoms with Gasteiger partial charge in [0.1, 0.15) is 11.6 Å². The summed E-state index contributed by atoms with van der Waals surface area (Å²) in [5.41, 5.74) is 14.4. The smallest absolute Gasteiger partial charge is 0.223 e. The molecule has 5 N–H and O–H groups in total. The fraction of sp³-hybridized carbons (Fsp3) is 0. The predicted octanol–water partition coefficient (Wildman–Crippen LogP) is 3.05. The van der Waals surface area contributed by atoms with Crippen molar-refractivity contribution in [1.82, 2.24) is 9.97 Å². The van der Waals surface area contributed by atoms with Crippen LogP contribution in [0.5, 0.6) is 0 Å². The monoisotopic (exact) mass is 277 g/mol. The van der Waals surface area contributed by atoms with Gasteiger partial charge in [0.25, 0.3) is 0 Å². The van der Waals surface area contributed by atoms with Gasteiger partial charge in [-0.2, -0.15) is 9.97 Å². The summed E-state index contributed by atoms with van der Waals surface area (Å²) in [5, 5.41) is 3.24. The molecule has 21 heavy (non-hydrogen) atoms. The van der Waals surface area contributed by atoms with Gasteiger partial charge in [0, 0.05) is 17.3 Å². The maximum absolute atomic E-state index is 5.69. The van der Waals surface area contributed by atoms with E-state index in [0.717, 1.165) is 16.8 Å². The number of anilines is 4. The Bertz CT molecular complexity index is 735. The summed E-state index contributed by atoms with van der Waals surface area (Å²) in [6.07, 6.45) is 0. The number of benzene rings is 2. The third-order valence-corrected chi connectivity index (χ3v) is 3.04. The van der Waals surface area contributed by atoms with Gasteiger partial charge in [0.15, 0.2) is 0 Å². The van der Waals surface area contributed by atoms with E-state index in [-0.39, 0.29) is 5.95 Å². The summed E-state index contributed by atoms with van der Waals surface area (Å²) < 4.78 is 0. The number of rotatable bonds is 3. The number of nitrogens with two attached hydrogens (primary N) is 2. The van der Waals surface area contributed by atoms with Crippen molar-refractivity contribution in [2.24, 2.45) is 0 Å². The maximum atomic E-state index is 5.69. The minimum Gasteiger partial charge on any atom is -0.383 e. The van der Waals surface area contributed by atoms with Crippen LogP contribution in [0.15, 0.2) is 60.7 Å². The molecular weight excluding hydrogens is 262 g/mol. The number of nitrogens with zero attached hydrogens (tertiary/aromatic N) is 2. The first-order valence-electron chi connectivity index (χ1n) is 6.54. The van der Waals surface area contributed by atoms with Crippen molar-refractivity contribution in [3.05, 3.63) is 60.7 Å². The summed E-state index contributed by atoms with van der Waals surface area (Å²) in [6, 6.07) is 19.8. The molecule has 2 aromatic carbocycles. The highest BCUT2D eigenvalue weighted by atomic mass is 15.1. The van der Waals surface area contributed by atoms with Gasteiger partial charge in [-0.25, -0.2) is 0 Å². The van der Waals surface area contributed by atoms with Crippen LogP contribution >= 0.6 is 0 Å². The Kier molecular flexibility index (Phi) is 3.39. The second-order valence-corrected chi connectivity index (χ2v) is 4.57. The van der Waals surface area contributed by atoms with Crippen molar-refractivity contribution in [2.45, 2.75) is 0 Å². The topological polar surface area (TPSA) is 89.8 Å². The molecule has 1 heterocycles. The molecule has 0 saturated carbocycles. The fourth-order valence-corrected chi connectivity index (χ4v) is 2.15. The van der Waals surface area contributed by atoms with Crippen LogP contribution in [-0.2, 0) is 0 Å². The molecule has 0 saturated heterocycles. The Morgan fingerprint density at radius 1 is 0.810 bits per heavy atom. The molecule has 0 atom stereocenters. The summed E-state index contributed by atoms with van der Waals surface area (Å²) >= 11 is 0. The van der Waals surface area contributed by atoms with Gasteiger partial charge < -0.3 is 16.8 Å². The van der Waals surface area contributed by atoms with Crippen LogP contribution in [0, 0.1) is 0 Å². The number of nitrogens with one attached hydrogen (secondary N) is 1. The second-order valence-electron chi connectivity index (χ2n) is 4.57. The zero-order chi connectivity index (χ0) is 14.7. The molecule has 0 fully saturated rings. The summed E-state index contributed by atoms with van der Waals surface area (Å²) in [4.78, 5) is 8.00. The lowest BCUT2D eigenvalue weighted by molar-refractivity contribution is 1.19. The van der Waals surface area contributed by atoms with Gasteiger partial charge >= 0.3 is 0 Å². The lowest BCUT2D eigenvalue weighted by Crippen LogP contribution is -2.03. The van der Waals surface area contributed by atoms with Crippen LogP contribution in [0.2, 0.25) is 0 Å². The Hall–Kier alpha value is -3.08. The van der Waals surface area contributed by atoms with E-state index in [1.165, 1.54) is 0 Å². The van der Waals surface area contributed by atoms with E-state index in [9.17, 15) is 0 Å². The van der Waals surface area contributed by atoms with Gasteiger partial charge in [0.2, 0.25) is 5.95 Å². The highest BCUT2D eigenvalue weighted by Crippen LogP contribution is 2.29. The second kappa shape index (κ2) is 5.50. The Balaban J connectivity index is 2.00. The van der Waals surface area contributed by atoms with E-state index < -0.39 is 0 Å². The third kappa shape index (κ3) is 2.92. The van der Waals surface area contributed by atoms with Crippen molar-refractivity contribution in [1.29, 1.82) is 0 Å². The predicted molar refractivity (Wildman–Crippen MR) is 86.0 cm³/mol. The SMILES string of the molecule is Nc1cc(Nc2ccccc2-c2ccccc2)nc(N)n1. The van der Waals surface area contributed by atoms with Crippen molar-refractivity contribution in [2.75, 3.05) is 16.8 Å². The quantitative estimate of drug-likeness (QED) is 0.684. The molecule has 104 valence electrons. The van der Waals surface area contributed by atoms with Crippen LogP contribution in [0.4, 0.5) is 23.3 Å². The van der Waals surface area contributed by atoms with E-state index in [1.54, 1.807) is 6.07 Å². The normalized spacial score (nSPS) is 10.3. The Morgan fingerprint density at radius 3 is 2.29 bits per heavy atom. The first-order valence-corrected chi connectivity index (χ1v) is 6.54. The lowest BCUT2D eigenvalue weighted by atomic mass is 10.0. The molecule has 0 amide bonds. The van der Waals surface area contributed by atoms with E-state index in [2.05, 4.69) is 27.4 Å². The van der Waals surface area contributed by atoms with Crippen LogP contribution in [-0.4, -0.2) is 9.97 Å². The lowest BCUT2D eigenvalue weighted by Gasteiger charge is -2.12. The van der Waals surface area contributed by atoms with Gasteiger partial charge in [-0.3, -0.25) is 0 Å². The van der Waals surface area contributed by atoms with Gasteiger partial charge in [-0.05, 0) is 11.6 Å². The number of para-hydroxylation sites is 1. The Labute approximate surface area is 122 Å². The zero-order valence-corrected chi connectivity index (χ0v) is 11.3. The number of nitrogen functional groups attached to an aromatic ring is 2. The molecular formula is C16H15N5. The maximum Gasteiger partial charge on any atom is 0.223 e. The van der Waals surface area contributed by atoms with E-state index >= 15 is 0 Å². The largest absolute Gasteiger partial charge is 0.383 e. The fourth-order valence-electron chi connectivity index (χ4n) is 2.15. The average Bonchev–Trinajstić information content (AvgIpc) is 2.48. The molecule has 0 unspecified atom stereocenters. The van der Waals surface area contributed by atoms with E-state index in [4.69, 9.17) is 11.5 Å². The van der Waals surface area contributed by atoms with Gasteiger partial charge in [0.05, 0.1) is 0 Å². The van der Waals surface area contributed by atoms with Crippen LogP contribution in [0.3, 0.4) is 0 Å². The third-order valence-electron chi connectivity index (χ3n) is 3.04. The Morgan fingerprint density at radius 2 is 1.52 bits per heavy atom. The zero-order valence-electron chi connectivity index (χ0n) is 11.3. The number of hydrogen-bond acceptors (Lipinski definition) is 5. The van der Waals surface area contributed by atoms with Gasteiger partial charge in [-0.1, -0.05) is 48.5 Å². The molecule has 0 aliphatic carbocycles. The molecule has 0 radical (unpaired) electrons. The standard InChI is InChI=1S/C16H15N5/c17-14-10-15(21-16(18)20-14)19-13-9-5-4-8-12(13)11-6-2-1-3-7-11/h1-10H,(H5,17,18,19,20,21). The number of hydrogen-bond donors (Lipinski definition) is 3. The molecule has 3 aromatic rings. The first kappa shape index (κ1) is 12.9. The van der Waals surface area contributed by atoms with Crippen LogP contribution in [0.25, 0.3) is 11.1 Å². The number of aromatic nitrogens is 2. The highest BCUT2D eigenvalue weighted by Gasteiger charge is 2.06. The molecule has 0 aliphatic heterocycles. The summed E-state index contributed by atoms with van der Waals surface area (Å²) in [5.74, 6) is 1.06. The minimum atomic E-state index is 0.148. The van der Waals surface area contributed by atoms with Crippen LogP contribution in [0.1, 0.15) is 0 Å². The summed E-state index contributed by atoms with van der Waals surface area (Å²) in [7, 11) is 0. The molecule has 0 spiro atoms. The first-order chi connectivity index (χ1) is 10.2. The minimum absolute atomic E-state index is 0.148. The van der Waals surface area contributed by atoms with Crippen molar-refractivity contribution >= 4 is 23.3 Å². The molecule has 5 nitrogen and oxygen atoms in total. The van der Waals surface area contributed by atoms with Gasteiger partial charge in [-0.15, -0.1) is 0 Å². The molecule has 0 bridgehead atoms. The highest BCUT2D eigenvalue weighted by molar-refractivity contribution is 5.80. The van der Waals surface area contributed by atoms with Crippen molar-refractivity contribution < 1.29 is 0 Å².